The van der Waals surface area contributed by atoms with Crippen molar-refractivity contribution in [1.29, 1.82) is 0 Å². The van der Waals surface area contributed by atoms with Crippen LogP contribution in [0.2, 0.25) is 0 Å². The monoisotopic (exact) mass is 280 g/mol. The number of rotatable bonds is 7. The van der Waals surface area contributed by atoms with Crippen molar-refractivity contribution in [2.75, 3.05) is 26.7 Å². The van der Waals surface area contributed by atoms with Gasteiger partial charge in [0, 0.05) is 13.1 Å². The Morgan fingerprint density at radius 3 is 3.05 bits per heavy atom. The molecule has 1 saturated heterocycles. The minimum atomic E-state index is -0.813. The molecule has 1 heterocycles. The molecule has 112 valence electrons. The molecule has 2 N–H and O–H groups in total. The number of likely N-dealkylation sites (N-methyl/N-ethyl adjacent to an activating group) is 1. The van der Waals surface area contributed by atoms with Gasteiger partial charge in [-0.1, -0.05) is 12.0 Å². The van der Waals surface area contributed by atoms with Gasteiger partial charge < -0.3 is 20.1 Å². The summed E-state index contributed by atoms with van der Waals surface area (Å²) >= 11 is 0. The summed E-state index contributed by atoms with van der Waals surface area (Å²) in [4.78, 5) is 14.0. The van der Waals surface area contributed by atoms with Gasteiger partial charge in [-0.05, 0) is 26.3 Å². The quantitative estimate of drug-likeness (QED) is 0.515. The van der Waals surface area contributed by atoms with Crippen LogP contribution in [0, 0.1) is 12.3 Å². The SMILES string of the molecule is C#CCNC(=O)C1OC(CCN(C)CC=C)CCC1O. The minimum absolute atomic E-state index is 0.00717. The van der Waals surface area contributed by atoms with Crippen LogP contribution >= 0.6 is 0 Å². The first-order chi connectivity index (χ1) is 9.58. The molecule has 5 nitrogen and oxygen atoms in total. The van der Waals surface area contributed by atoms with Crippen molar-refractivity contribution in [1.82, 2.24) is 10.2 Å². The second kappa shape index (κ2) is 8.75. The highest BCUT2D eigenvalue weighted by Crippen LogP contribution is 2.22. The zero-order valence-corrected chi connectivity index (χ0v) is 12.0. The van der Waals surface area contributed by atoms with E-state index in [1.807, 2.05) is 13.1 Å². The molecule has 0 aromatic heterocycles. The molecule has 0 spiro atoms. The second-order valence-corrected chi connectivity index (χ2v) is 5.08. The Morgan fingerprint density at radius 1 is 1.65 bits per heavy atom. The number of ether oxygens (including phenoxy) is 1. The van der Waals surface area contributed by atoms with E-state index in [4.69, 9.17) is 11.2 Å². The third-order valence-electron chi connectivity index (χ3n) is 3.37. The summed E-state index contributed by atoms with van der Waals surface area (Å²) in [6.45, 7) is 5.53. The largest absolute Gasteiger partial charge is 0.390 e. The van der Waals surface area contributed by atoms with Crippen LogP contribution in [0.25, 0.3) is 0 Å². The summed E-state index contributed by atoms with van der Waals surface area (Å²) in [7, 11) is 2.01. The smallest absolute Gasteiger partial charge is 0.252 e. The molecule has 1 aliphatic heterocycles. The van der Waals surface area contributed by atoms with Crippen LogP contribution in [0.3, 0.4) is 0 Å². The molecule has 3 unspecified atom stereocenters. The van der Waals surface area contributed by atoms with E-state index in [0.29, 0.717) is 6.42 Å². The summed E-state index contributed by atoms with van der Waals surface area (Å²) in [6.07, 6.45) is 7.54. The zero-order valence-electron chi connectivity index (χ0n) is 12.0. The van der Waals surface area contributed by atoms with Gasteiger partial charge in [-0.3, -0.25) is 4.79 Å². The third kappa shape index (κ3) is 5.33. The molecule has 0 aliphatic carbocycles. The van der Waals surface area contributed by atoms with Crippen LogP contribution in [0.15, 0.2) is 12.7 Å². The fraction of sp³-hybridized carbons (Fsp3) is 0.667. The van der Waals surface area contributed by atoms with Crippen LogP contribution in [-0.4, -0.2) is 60.9 Å². The highest BCUT2D eigenvalue weighted by atomic mass is 16.5. The molecule has 0 radical (unpaired) electrons. The number of amides is 1. The van der Waals surface area contributed by atoms with E-state index < -0.39 is 12.2 Å². The molecule has 1 aliphatic rings. The average molecular weight is 280 g/mol. The maximum atomic E-state index is 11.8. The summed E-state index contributed by atoms with van der Waals surface area (Å²) in [6, 6.07) is 0. The van der Waals surface area contributed by atoms with Crippen molar-refractivity contribution in [2.45, 2.75) is 37.6 Å². The number of carbonyl (C=O) groups excluding carboxylic acids is 1. The molecule has 1 fully saturated rings. The molecule has 0 saturated carbocycles. The average Bonchev–Trinajstić information content (AvgIpc) is 2.44. The standard InChI is InChI=1S/C15H24N2O3/c1-4-9-16-15(19)14-13(18)7-6-12(20-14)8-11-17(3)10-5-2/h1,5,12-14,18H,2,6-11H2,3H3,(H,16,19). The molecule has 3 atom stereocenters. The van der Waals surface area contributed by atoms with Crippen LogP contribution in [0.1, 0.15) is 19.3 Å². The van der Waals surface area contributed by atoms with Crippen LogP contribution < -0.4 is 5.32 Å². The van der Waals surface area contributed by atoms with Crippen LogP contribution in [0.5, 0.6) is 0 Å². The Balaban J connectivity index is 2.42. The van der Waals surface area contributed by atoms with Gasteiger partial charge in [0.2, 0.25) is 0 Å². The topological polar surface area (TPSA) is 61.8 Å². The van der Waals surface area contributed by atoms with Gasteiger partial charge in [0.25, 0.3) is 5.91 Å². The van der Waals surface area contributed by atoms with Gasteiger partial charge in [0.1, 0.15) is 0 Å². The fourth-order valence-electron chi connectivity index (χ4n) is 2.24. The van der Waals surface area contributed by atoms with E-state index >= 15 is 0 Å². The number of hydrogen-bond acceptors (Lipinski definition) is 4. The molecule has 0 aromatic rings. The summed E-state index contributed by atoms with van der Waals surface area (Å²) in [5, 5.41) is 12.4. The maximum Gasteiger partial charge on any atom is 0.252 e. The molecule has 5 heteroatoms. The molecule has 0 bridgehead atoms. The number of carbonyl (C=O) groups is 1. The highest BCUT2D eigenvalue weighted by molar-refractivity contribution is 5.81. The molecular weight excluding hydrogens is 256 g/mol. The van der Waals surface area contributed by atoms with Crippen molar-refractivity contribution in [2.24, 2.45) is 0 Å². The first-order valence-electron chi connectivity index (χ1n) is 6.92. The molecular formula is C15H24N2O3. The molecule has 20 heavy (non-hydrogen) atoms. The number of hydrogen-bond donors (Lipinski definition) is 2. The van der Waals surface area contributed by atoms with E-state index in [1.54, 1.807) is 0 Å². The van der Waals surface area contributed by atoms with E-state index in [9.17, 15) is 9.90 Å². The first kappa shape index (κ1) is 16.7. The Labute approximate surface area is 121 Å². The van der Waals surface area contributed by atoms with E-state index in [1.165, 1.54) is 0 Å². The normalized spacial score (nSPS) is 26.0. The third-order valence-corrected chi connectivity index (χ3v) is 3.37. The highest BCUT2D eigenvalue weighted by Gasteiger charge is 2.34. The van der Waals surface area contributed by atoms with Gasteiger partial charge >= 0.3 is 0 Å². The molecule has 1 rings (SSSR count). The lowest BCUT2D eigenvalue weighted by Crippen LogP contribution is -2.49. The Kier molecular flexibility index (Phi) is 7.31. The van der Waals surface area contributed by atoms with Crippen molar-refractivity contribution < 1.29 is 14.6 Å². The van der Waals surface area contributed by atoms with E-state index in [-0.39, 0.29) is 18.6 Å². The first-order valence-corrected chi connectivity index (χ1v) is 6.92. The predicted molar refractivity (Wildman–Crippen MR) is 78.1 cm³/mol. The summed E-state index contributed by atoms with van der Waals surface area (Å²) in [5.74, 6) is 2.00. The van der Waals surface area contributed by atoms with E-state index in [0.717, 1.165) is 25.9 Å². The maximum absolute atomic E-state index is 11.8. The predicted octanol–water partition coefficient (Wildman–Crippen LogP) is 0.152. The molecule has 1 amide bonds. The lowest BCUT2D eigenvalue weighted by atomic mass is 9.98. The Morgan fingerprint density at radius 2 is 2.40 bits per heavy atom. The van der Waals surface area contributed by atoms with Crippen LogP contribution in [-0.2, 0) is 9.53 Å². The number of nitrogens with one attached hydrogen (secondary N) is 1. The second-order valence-electron chi connectivity index (χ2n) is 5.08. The lowest BCUT2D eigenvalue weighted by molar-refractivity contribution is -0.158. The summed E-state index contributed by atoms with van der Waals surface area (Å²) < 4.78 is 5.70. The van der Waals surface area contributed by atoms with Gasteiger partial charge in [0.05, 0.1) is 18.8 Å². The van der Waals surface area contributed by atoms with Crippen molar-refractivity contribution in [3.8, 4) is 12.3 Å². The summed E-state index contributed by atoms with van der Waals surface area (Å²) in [5.41, 5.74) is 0. The van der Waals surface area contributed by atoms with E-state index in [2.05, 4.69) is 22.7 Å². The van der Waals surface area contributed by atoms with Gasteiger partial charge in [0.15, 0.2) is 6.10 Å². The fourth-order valence-corrected chi connectivity index (χ4v) is 2.24. The number of aliphatic hydroxyl groups excluding tert-OH is 1. The van der Waals surface area contributed by atoms with Crippen molar-refractivity contribution in [3.05, 3.63) is 12.7 Å². The molecule has 0 aromatic carbocycles. The van der Waals surface area contributed by atoms with Gasteiger partial charge in [-0.25, -0.2) is 0 Å². The van der Waals surface area contributed by atoms with Crippen LogP contribution in [0.4, 0.5) is 0 Å². The van der Waals surface area contributed by atoms with Crippen molar-refractivity contribution >= 4 is 5.91 Å². The van der Waals surface area contributed by atoms with Gasteiger partial charge in [-0.2, -0.15) is 0 Å². The number of aliphatic hydroxyl groups is 1. The zero-order chi connectivity index (χ0) is 15.0. The van der Waals surface area contributed by atoms with Crippen molar-refractivity contribution in [3.63, 3.8) is 0 Å². The lowest BCUT2D eigenvalue weighted by Gasteiger charge is -2.33. The Hall–Kier alpha value is -1.35. The minimum Gasteiger partial charge on any atom is -0.390 e. The van der Waals surface area contributed by atoms with Gasteiger partial charge in [-0.15, -0.1) is 13.0 Å². The Bertz CT molecular complexity index is 365. The number of nitrogens with zero attached hydrogens (tertiary/aromatic N) is 1. The number of terminal acetylenes is 1.